The van der Waals surface area contributed by atoms with Crippen molar-refractivity contribution in [3.05, 3.63) is 35.7 Å². The van der Waals surface area contributed by atoms with Gasteiger partial charge in [0.25, 0.3) is 0 Å². The van der Waals surface area contributed by atoms with Crippen LogP contribution in [-0.4, -0.2) is 33.8 Å². The Bertz CT molecular complexity index is 486. The van der Waals surface area contributed by atoms with Crippen molar-refractivity contribution in [2.24, 2.45) is 0 Å². The van der Waals surface area contributed by atoms with Crippen LogP contribution in [0, 0.1) is 0 Å². The molecule has 1 aromatic heterocycles. The van der Waals surface area contributed by atoms with Crippen LogP contribution in [0.3, 0.4) is 0 Å². The summed E-state index contributed by atoms with van der Waals surface area (Å²) in [5.41, 5.74) is 1.23. The zero-order chi connectivity index (χ0) is 13.5. The monoisotopic (exact) mass is 261 g/mol. The van der Waals surface area contributed by atoms with Crippen molar-refractivity contribution >= 4 is 0 Å². The molecular formula is C13H19N5O. The van der Waals surface area contributed by atoms with Crippen LogP contribution in [0.25, 0.3) is 0 Å². The largest absolute Gasteiger partial charge is 0.492 e. The number of nitrogens with zero attached hydrogens (tertiary/aromatic N) is 3. The van der Waals surface area contributed by atoms with Crippen LogP contribution in [0.2, 0.25) is 0 Å². The zero-order valence-electron chi connectivity index (χ0n) is 11.3. The van der Waals surface area contributed by atoms with Gasteiger partial charge in [0.15, 0.2) is 5.82 Å². The molecule has 1 heterocycles. The maximum atomic E-state index is 5.77. The topological polar surface area (TPSA) is 75.7 Å². The van der Waals surface area contributed by atoms with Crippen molar-refractivity contribution in [2.75, 3.05) is 13.2 Å². The molecule has 0 bridgehead atoms. The molecule has 1 atom stereocenters. The number of aromatic nitrogens is 4. The van der Waals surface area contributed by atoms with Gasteiger partial charge in [-0.25, -0.2) is 0 Å². The Morgan fingerprint density at radius 2 is 2.21 bits per heavy atom. The van der Waals surface area contributed by atoms with Gasteiger partial charge in [0.1, 0.15) is 12.4 Å². The average Bonchev–Trinajstić information content (AvgIpc) is 2.98. The third-order valence-corrected chi connectivity index (χ3v) is 2.91. The SMILES string of the molecule is CCc1ccccc1OCCNC(C)c1nn[nH]n1. The molecule has 0 aliphatic rings. The van der Waals surface area contributed by atoms with Gasteiger partial charge in [-0.3, -0.25) is 0 Å². The summed E-state index contributed by atoms with van der Waals surface area (Å²) in [5.74, 6) is 1.62. The van der Waals surface area contributed by atoms with E-state index in [1.807, 2.05) is 25.1 Å². The Hall–Kier alpha value is -1.95. The molecular weight excluding hydrogens is 242 g/mol. The number of H-pyrrole nitrogens is 1. The number of rotatable bonds is 7. The highest BCUT2D eigenvalue weighted by molar-refractivity contribution is 5.33. The van der Waals surface area contributed by atoms with E-state index in [2.05, 4.69) is 38.9 Å². The van der Waals surface area contributed by atoms with Crippen LogP contribution in [0.4, 0.5) is 0 Å². The molecule has 0 aliphatic carbocycles. The molecule has 1 unspecified atom stereocenters. The molecule has 102 valence electrons. The lowest BCUT2D eigenvalue weighted by molar-refractivity contribution is 0.303. The minimum Gasteiger partial charge on any atom is -0.492 e. The van der Waals surface area contributed by atoms with Crippen molar-refractivity contribution in [1.82, 2.24) is 25.9 Å². The van der Waals surface area contributed by atoms with Gasteiger partial charge in [0.2, 0.25) is 0 Å². The van der Waals surface area contributed by atoms with Crippen LogP contribution in [0.15, 0.2) is 24.3 Å². The first-order chi connectivity index (χ1) is 9.31. The smallest absolute Gasteiger partial charge is 0.191 e. The van der Waals surface area contributed by atoms with Gasteiger partial charge in [-0.1, -0.05) is 30.3 Å². The van der Waals surface area contributed by atoms with Crippen LogP contribution in [0.1, 0.15) is 31.3 Å². The molecule has 6 nitrogen and oxygen atoms in total. The Balaban J connectivity index is 1.75. The molecule has 2 N–H and O–H groups in total. The van der Waals surface area contributed by atoms with Gasteiger partial charge in [0, 0.05) is 6.54 Å². The maximum absolute atomic E-state index is 5.77. The van der Waals surface area contributed by atoms with E-state index in [1.165, 1.54) is 5.56 Å². The van der Waals surface area contributed by atoms with Gasteiger partial charge < -0.3 is 10.1 Å². The Morgan fingerprint density at radius 3 is 2.95 bits per heavy atom. The fourth-order valence-electron chi connectivity index (χ4n) is 1.82. The van der Waals surface area contributed by atoms with Crippen molar-refractivity contribution in [2.45, 2.75) is 26.3 Å². The van der Waals surface area contributed by atoms with Crippen molar-refractivity contribution in [3.8, 4) is 5.75 Å². The molecule has 0 saturated carbocycles. The lowest BCUT2D eigenvalue weighted by Gasteiger charge is -2.12. The molecule has 1 aromatic carbocycles. The second-order valence-electron chi connectivity index (χ2n) is 4.26. The number of tetrazole rings is 1. The van der Waals surface area contributed by atoms with Gasteiger partial charge in [-0.15, -0.1) is 10.2 Å². The molecule has 6 heteroatoms. The predicted molar refractivity (Wildman–Crippen MR) is 71.9 cm³/mol. The molecule has 0 saturated heterocycles. The lowest BCUT2D eigenvalue weighted by Crippen LogP contribution is -2.25. The number of para-hydroxylation sites is 1. The highest BCUT2D eigenvalue weighted by atomic mass is 16.5. The number of nitrogens with one attached hydrogen (secondary N) is 2. The van der Waals surface area contributed by atoms with E-state index in [0.717, 1.165) is 18.7 Å². The first-order valence-electron chi connectivity index (χ1n) is 6.48. The van der Waals surface area contributed by atoms with Crippen molar-refractivity contribution < 1.29 is 4.74 Å². The standard InChI is InChI=1S/C13H19N5O/c1-3-11-6-4-5-7-12(11)19-9-8-14-10(2)13-15-17-18-16-13/h4-7,10,14H,3,8-9H2,1-2H3,(H,15,16,17,18). The highest BCUT2D eigenvalue weighted by Crippen LogP contribution is 2.17. The molecule has 19 heavy (non-hydrogen) atoms. The highest BCUT2D eigenvalue weighted by Gasteiger charge is 2.08. The molecule has 0 fully saturated rings. The third kappa shape index (κ3) is 3.75. The summed E-state index contributed by atoms with van der Waals surface area (Å²) < 4.78 is 5.77. The summed E-state index contributed by atoms with van der Waals surface area (Å²) >= 11 is 0. The quantitative estimate of drug-likeness (QED) is 0.739. The fraction of sp³-hybridized carbons (Fsp3) is 0.462. The van der Waals surface area contributed by atoms with Gasteiger partial charge >= 0.3 is 0 Å². The lowest BCUT2D eigenvalue weighted by atomic mass is 10.1. The number of hydrogen-bond acceptors (Lipinski definition) is 5. The van der Waals surface area contributed by atoms with E-state index in [-0.39, 0.29) is 6.04 Å². The van der Waals surface area contributed by atoms with E-state index in [0.29, 0.717) is 12.4 Å². The van der Waals surface area contributed by atoms with Crippen LogP contribution < -0.4 is 10.1 Å². The minimum atomic E-state index is 0.0590. The minimum absolute atomic E-state index is 0.0590. The Kier molecular flexibility index (Phi) is 4.85. The fourth-order valence-corrected chi connectivity index (χ4v) is 1.82. The van der Waals surface area contributed by atoms with E-state index in [1.54, 1.807) is 0 Å². The molecule has 2 aromatic rings. The van der Waals surface area contributed by atoms with E-state index < -0.39 is 0 Å². The predicted octanol–water partition coefficient (Wildman–Crippen LogP) is 1.49. The third-order valence-electron chi connectivity index (χ3n) is 2.91. The van der Waals surface area contributed by atoms with Gasteiger partial charge in [0.05, 0.1) is 6.04 Å². The van der Waals surface area contributed by atoms with E-state index in [4.69, 9.17) is 4.74 Å². The molecule has 0 amide bonds. The van der Waals surface area contributed by atoms with Crippen molar-refractivity contribution in [1.29, 1.82) is 0 Å². The summed E-state index contributed by atoms with van der Waals surface area (Å²) in [6, 6.07) is 8.17. The Morgan fingerprint density at radius 1 is 1.37 bits per heavy atom. The second-order valence-corrected chi connectivity index (χ2v) is 4.26. The second kappa shape index (κ2) is 6.84. The summed E-state index contributed by atoms with van der Waals surface area (Å²) in [6.07, 6.45) is 0.975. The Labute approximate surface area is 112 Å². The van der Waals surface area contributed by atoms with E-state index >= 15 is 0 Å². The summed E-state index contributed by atoms with van der Waals surface area (Å²) in [5, 5.41) is 17.1. The summed E-state index contributed by atoms with van der Waals surface area (Å²) in [6.45, 7) is 5.45. The molecule has 0 radical (unpaired) electrons. The van der Waals surface area contributed by atoms with E-state index in [9.17, 15) is 0 Å². The number of hydrogen-bond donors (Lipinski definition) is 2. The van der Waals surface area contributed by atoms with Crippen molar-refractivity contribution in [3.63, 3.8) is 0 Å². The first kappa shape index (κ1) is 13.5. The number of ether oxygens (including phenoxy) is 1. The zero-order valence-corrected chi connectivity index (χ0v) is 11.3. The number of aryl methyl sites for hydroxylation is 1. The average molecular weight is 261 g/mol. The summed E-state index contributed by atoms with van der Waals surface area (Å²) in [7, 11) is 0. The normalized spacial score (nSPS) is 12.3. The molecule has 0 aliphatic heterocycles. The van der Waals surface area contributed by atoms with Crippen LogP contribution in [0.5, 0.6) is 5.75 Å². The molecule has 0 spiro atoms. The van der Waals surface area contributed by atoms with Crippen LogP contribution in [-0.2, 0) is 6.42 Å². The maximum Gasteiger partial charge on any atom is 0.191 e. The first-order valence-corrected chi connectivity index (χ1v) is 6.48. The van der Waals surface area contributed by atoms with Gasteiger partial charge in [-0.2, -0.15) is 5.21 Å². The summed E-state index contributed by atoms with van der Waals surface area (Å²) in [4.78, 5) is 0. The van der Waals surface area contributed by atoms with Crippen LogP contribution >= 0.6 is 0 Å². The number of aromatic amines is 1. The molecule has 2 rings (SSSR count). The van der Waals surface area contributed by atoms with Gasteiger partial charge in [-0.05, 0) is 25.0 Å². The number of benzene rings is 1.